The van der Waals surface area contributed by atoms with Crippen LogP contribution in [0.1, 0.15) is 58.8 Å². The van der Waals surface area contributed by atoms with Crippen molar-refractivity contribution in [3.05, 3.63) is 0 Å². The number of aliphatic hydroxyl groups is 1. The van der Waals surface area contributed by atoms with Crippen molar-refractivity contribution in [3.63, 3.8) is 0 Å². The number of ether oxygens (including phenoxy) is 2. The zero-order valence-electron chi connectivity index (χ0n) is 11.9. The number of unbranched alkanes of at least 4 members (excludes halogenated alkanes) is 4. The maximum atomic E-state index is 8.55. The highest BCUT2D eigenvalue weighted by Gasteiger charge is 2.06. The summed E-state index contributed by atoms with van der Waals surface area (Å²) in [5.41, 5.74) is 0. The molecule has 0 aromatic heterocycles. The molecule has 18 heavy (non-hydrogen) atoms. The smallest absolute Gasteiger partial charge is 0.157 e. The van der Waals surface area contributed by atoms with E-state index in [9.17, 15) is 0 Å². The molecule has 0 aliphatic rings. The summed E-state index contributed by atoms with van der Waals surface area (Å²) < 4.78 is 11.0. The van der Waals surface area contributed by atoms with Crippen LogP contribution < -0.4 is 0 Å². The lowest BCUT2D eigenvalue weighted by molar-refractivity contribution is -0.140. The van der Waals surface area contributed by atoms with Gasteiger partial charge >= 0.3 is 0 Å². The van der Waals surface area contributed by atoms with E-state index in [-0.39, 0.29) is 12.9 Å². The first-order chi connectivity index (χ1) is 8.85. The van der Waals surface area contributed by atoms with Gasteiger partial charge in [0.05, 0.1) is 6.61 Å². The maximum absolute atomic E-state index is 8.55. The first kappa shape index (κ1) is 17.4. The van der Waals surface area contributed by atoms with Crippen molar-refractivity contribution in [1.29, 1.82) is 0 Å². The standard InChI is InChI=1S/C15H28O3/c1-3-17-15(18-4-2)13-11-9-7-5-6-8-10-12-14-16/h15-16H,3-7,9,11-14H2,1-2H3. The van der Waals surface area contributed by atoms with Gasteiger partial charge in [0, 0.05) is 26.1 Å². The predicted molar refractivity (Wildman–Crippen MR) is 74.2 cm³/mol. The van der Waals surface area contributed by atoms with E-state index in [4.69, 9.17) is 14.6 Å². The molecule has 0 saturated heterocycles. The van der Waals surface area contributed by atoms with Crippen molar-refractivity contribution >= 4 is 0 Å². The van der Waals surface area contributed by atoms with Crippen LogP contribution in [0.2, 0.25) is 0 Å². The fraction of sp³-hybridized carbons (Fsp3) is 0.867. The zero-order valence-corrected chi connectivity index (χ0v) is 11.9. The fourth-order valence-corrected chi connectivity index (χ4v) is 1.70. The second-order valence-electron chi connectivity index (χ2n) is 4.12. The normalized spacial score (nSPS) is 10.4. The number of hydrogen-bond acceptors (Lipinski definition) is 3. The molecule has 0 spiro atoms. The molecular formula is C15H28O3. The number of hydrogen-bond donors (Lipinski definition) is 1. The molecule has 1 N–H and O–H groups in total. The Morgan fingerprint density at radius 3 is 2.11 bits per heavy atom. The van der Waals surface area contributed by atoms with Gasteiger partial charge in [-0.05, 0) is 33.1 Å². The number of aliphatic hydroxyl groups excluding tert-OH is 1. The van der Waals surface area contributed by atoms with Crippen LogP contribution in [0.15, 0.2) is 0 Å². The lowest BCUT2D eigenvalue weighted by Crippen LogP contribution is -2.17. The molecule has 0 aromatic rings. The van der Waals surface area contributed by atoms with Crippen molar-refractivity contribution in [2.45, 2.75) is 65.1 Å². The third-order valence-electron chi connectivity index (χ3n) is 2.56. The summed E-state index contributed by atoms with van der Waals surface area (Å²) in [6.07, 6.45) is 7.21. The molecule has 0 aliphatic heterocycles. The highest BCUT2D eigenvalue weighted by molar-refractivity contribution is 4.98. The molecule has 3 heteroatoms. The van der Waals surface area contributed by atoms with Crippen molar-refractivity contribution in [2.24, 2.45) is 0 Å². The average molecular weight is 256 g/mol. The Morgan fingerprint density at radius 2 is 1.50 bits per heavy atom. The second kappa shape index (κ2) is 14.5. The van der Waals surface area contributed by atoms with Crippen molar-refractivity contribution in [3.8, 4) is 11.8 Å². The van der Waals surface area contributed by atoms with Crippen LogP contribution in [-0.2, 0) is 9.47 Å². The molecule has 0 unspecified atom stereocenters. The second-order valence-corrected chi connectivity index (χ2v) is 4.12. The Balaban J connectivity index is 3.35. The minimum atomic E-state index is -0.0238. The van der Waals surface area contributed by atoms with Gasteiger partial charge < -0.3 is 14.6 Å². The molecule has 0 saturated carbocycles. The SMILES string of the molecule is CCOC(CCCCCCC#CCCO)OCC. The van der Waals surface area contributed by atoms with Crippen molar-refractivity contribution in [1.82, 2.24) is 0 Å². The molecular weight excluding hydrogens is 228 g/mol. The fourth-order valence-electron chi connectivity index (χ4n) is 1.70. The molecule has 0 rings (SSSR count). The van der Waals surface area contributed by atoms with E-state index in [1.54, 1.807) is 0 Å². The lowest BCUT2D eigenvalue weighted by atomic mass is 10.1. The summed E-state index contributed by atoms with van der Waals surface area (Å²) in [5.74, 6) is 6.00. The van der Waals surface area contributed by atoms with Gasteiger partial charge in [-0.25, -0.2) is 0 Å². The van der Waals surface area contributed by atoms with Gasteiger partial charge in [-0.2, -0.15) is 0 Å². The van der Waals surface area contributed by atoms with Gasteiger partial charge in [0.25, 0.3) is 0 Å². The molecule has 0 aliphatic carbocycles. The first-order valence-corrected chi connectivity index (χ1v) is 7.14. The van der Waals surface area contributed by atoms with E-state index in [1.807, 2.05) is 13.8 Å². The molecule has 0 radical (unpaired) electrons. The molecule has 0 heterocycles. The Morgan fingerprint density at radius 1 is 0.889 bits per heavy atom. The number of rotatable bonds is 11. The van der Waals surface area contributed by atoms with Crippen LogP contribution in [0, 0.1) is 11.8 Å². The molecule has 3 nitrogen and oxygen atoms in total. The van der Waals surface area contributed by atoms with Crippen LogP contribution >= 0.6 is 0 Å². The van der Waals surface area contributed by atoms with Gasteiger partial charge in [-0.3, -0.25) is 0 Å². The van der Waals surface area contributed by atoms with Gasteiger partial charge in [0.2, 0.25) is 0 Å². The van der Waals surface area contributed by atoms with Crippen LogP contribution in [0.4, 0.5) is 0 Å². The van der Waals surface area contributed by atoms with Gasteiger partial charge in [-0.15, -0.1) is 11.8 Å². The molecule has 0 amide bonds. The minimum Gasteiger partial charge on any atom is -0.395 e. The summed E-state index contributed by atoms with van der Waals surface area (Å²) in [7, 11) is 0. The Bertz CT molecular complexity index is 212. The monoisotopic (exact) mass is 256 g/mol. The quantitative estimate of drug-likeness (QED) is 0.351. The van der Waals surface area contributed by atoms with Gasteiger partial charge in [-0.1, -0.05) is 12.8 Å². The molecule has 0 bridgehead atoms. The summed E-state index contributed by atoms with van der Waals surface area (Å²) in [6.45, 7) is 5.59. The van der Waals surface area contributed by atoms with Crippen LogP contribution in [-0.4, -0.2) is 31.2 Å². The predicted octanol–water partition coefficient (Wildman–Crippen LogP) is 3.11. The van der Waals surface area contributed by atoms with Crippen LogP contribution in [0.25, 0.3) is 0 Å². The third-order valence-corrected chi connectivity index (χ3v) is 2.56. The van der Waals surface area contributed by atoms with E-state index in [0.29, 0.717) is 19.6 Å². The van der Waals surface area contributed by atoms with Crippen LogP contribution in [0.5, 0.6) is 0 Å². The van der Waals surface area contributed by atoms with E-state index < -0.39 is 0 Å². The maximum Gasteiger partial charge on any atom is 0.157 e. The third kappa shape index (κ3) is 11.9. The Hall–Kier alpha value is -0.560. The zero-order chi connectivity index (χ0) is 13.5. The Kier molecular flexibility index (Phi) is 14.0. The topological polar surface area (TPSA) is 38.7 Å². The molecule has 0 fully saturated rings. The van der Waals surface area contributed by atoms with Gasteiger partial charge in [0.1, 0.15) is 0 Å². The van der Waals surface area contributed by atoms with E-state index in [2.05, 4.69) is 11.8 Å². The highest BCUT2D eigenvalue weighted by Crippen LogP contribution is 2.10. The molecule has 0 atom stereocenters. The summed E-state index contributed by atoms with van der Waals surface area (Å²) in [5, 5.41) is 8.55. The van der Waals surface area contributed by atoms with Gasteiger partial charge in [0.15, 0.2) is 6.29 Å². The van der Waals surface area contributed by atoms with E-state index in [0.717, 1.165) is 25.7 Å². The minimum absolute atomic E-state index is 0.0238. The van der Waals surface area contributed by atoms with E-state index >= 15 is 0 Å². The average Bonchev–Trinajstić information content (AvgIpc) is 2.37. The van der Waals surface area contributed by atoms with E-state index in [1.165, 1.54) is 12.8 Å². The Labute approximate surface area is 112 Å². The highest BCUT2D eigenvalue weighted by atomic mass is 16.7. The molecule has 0 aromatic carbocycles. The van der Waals surface area contributed by atoms with Crippen molar-refractivity contribution < 1.29 is 14.6 Å². The van der Waals surface area contributed by atoms with Crippen molar-refractivity contribution in [2.75, 3.05) is 19.8 Å². The summed E-state index contributed by atoms with van der Waals surface area (Å²) in [6, 6.07) is 0. The van der Waals surface area contributed by atoms with Crippen LogP contribution in [0.3, 0.4) is 0 Å². The molecule has 106 valence electrons. The summed E-state index contributed by atoms with van der Waals surface area (Å²) in [4.78, 5) is 0. The lowest BCUT2D eigenvalue weighted by Gasteiger charge is -2.16. The largest absolute Gasteiger partial charge is 0.395 e. The summed E-state index contributed by atoms with van der Waals surface area (Å²) >= 11 is 0. The first-order valence-electron chi connectivity index (χ1n) is 7.14.